The van der Waals surface area contributed by atoms with Crippen LogP contribution in [0.5, 0.6) is 0 Å². The van der Waals surface area contributed by atoms with Crippen LogP contribution in [-0.2, 0) is 14.8 Å². The lowest BCUT2D eigenvalue weighted by Crippen LogP contribution is -2.37. The zero-order valence-corrected chi connectivity index (χ0v) is 13.7. The normalized spacial score (nSPS) is 11.9. The summed E-state index contributed by atoms with van der Waals surface area (Å²) < 4.78 is 28.3. The maximum absolute atomic E-state index is 11.6. The number of methoxy groups -OCH3 is 1. The topological polar surface area (TPSA) is 98.7 Å². The number of hydrogen-bond acceptors (Lipinski definition) is 5. The van der Waals surface area contributed by atoms with Crippen LogP contribution in [0.1, 0.15) is 26.7 Å². The SMILES string of the molecule is CCC(CC)N(CCOC)c1cc(N)cc(S(N)(=O)=O)c1. The third-order valence-electron chi connectivity index (χ3n) is 3.49. The molecule has 0 aliphatic rings. The minimum Gasteiger partial charge on any atom is -0.399 e. The molecule has 6 nitrogen and oxygen atoms in total. The fourth-order valence-corrected chi connectivity index (χ4v) is 2.96. The maximum Gasteiger partial charge on any atom is 0.238 e. The average Bonchev–Trinajstić information content (AvgIpc) is 2.41. The number of sulfonamides is 1. The number of hydrogen-bond donors (Lipinski definition) is 2. The van der Waals surface area contributed by atoms with Crippen molar-refractivity contribution in [3.8, 4) is 0 Å². The molecule has 120 valence electrons. The number of ether oxygens (including phenoxy) is 1. The van der Waals surface area contributed by atoms with Gasteiger partial charge in [0.25, 0.3) is 0 Å². The summed E-state index contributed by atoms with van der Waals surface area (Å²) in [5.74, 6) is 0. The van der Waals surface area contributed by atoms with Gasteiger partial charge in [-0.15, -0.1) is 0 Å². The van der Waals surface area contributed by atoms with Crippen LogP contribution < -0.4 is 15.8 Å². The summed E-state index contributed by atoms with van der Waals surface area (Å²) >= 11 is 0. The third-order valence-corrected chi connectivity index (χ3v) is 4.39. The number of rotatable bonds is 8. The van der Waals surface area contributed by atoms with Crippen molar-refractivity contribution >= 4 is 21.4 Å². The van der Waals surface area contributed by atoms with E-state index in [1.165, 1.54) is 6.07 Å². The molecule has 0 saturated carbocycles. The minimum atomic E-state index is -3.78. The molecule has 0 aliphatic heterocycles. The van der Waals surface area contributed by atoms with Crippen LogP contribution in [0.2, 0.25) is 0 Å². The summed E-state index contributed by atoms with van der Waals surface area (Å²) in [5, 5.41) is 5.21. The number of nitrogens with zero attached hydrogens (tertiary/aromatic N) is 1. The highest BCUT2D eigenvalue weighted by Crippen LogP contribution is 2.26. The average molecular weight is 315 g/mol. The largest absolute Gasteiger partial charge is 0.399 e. The van der Waals surface area contributed by atoms with Crippen LogP contribution in [0, 0.1) is 0 Å². The lowest BCUT2D eigenvalue weighted by molar-refractivity contribution is 0.202. The van der Waals surface area contributed by atoms with Gasteiger partial charge in [0.1, 0.15) is 0 Å². The highest BCUT2D eigenvalue weighted by atomic mass is 32.2. The molecule has 7 heteroatoms. The number of nitrogens with two attached hydrogens (primary N) is 2. The van der Waals surface area contributed by atoms with Crippen molar-refractivity contribution in [3.63, 3.8) is 0 Å². The summed E-state index contributed by atoms with van der Waals surface area (Å²) in [6, 6.07) is 5.00. The first kappa shape index (κ1) is 17.7. The van der Waals surface area contributed by atoms with E-state index in [-0.39, 0.29) is 10.9 Å². The molecule has 0 amide bonds. The van der Waals surface area contributed by atoms with E-state index >= 15 is 0 Å². The van der Waals surface area contributed by atoms with Crippen LogP contribution in [0.4, 0.5) is 11.4 Å². The van der Waals surface area contributed by atoms with Gasteiger partial charge in [-0.25, -0.2) is 13.6 Å². The third kappa shape index (κ3) is 4.87. The molecule has 0 spiro atoms. The predicted octanol–water partition coefficient (Wildman–Crippen LogP) is 1.56. The number of primary sulfonamides is 1. The second kappa shape index (κ2) is 7.63. The Balaban J connectivity index is 3.26. The van der Waals surface area contributed by atoms with Crippen molar-refractivity contribution in [2.45, 2.75) is 37.6 Å². The molecule has 0 aromatic heterocycles. The molecule has 0 saturated heterocycles. The Labute approximate surface area is 127 Å². The Morgan fingerprint density at radius 2 is 1.86 bits per heavy atom. The summed E-state index contributed by atoms with van der Waals surface area (Å²) in [4.78, 5) is 2.15. The van der Waals surface area contributed by atoms with E-state index < -0.39 is 10.0 Å². The number of nitrogen functional groups attached to an aromatic ring is 1. The van der Waals surface area contributed by atoms with Crippen LogP contribution >= 0.6 is 0 Å². The fraction of sp³-hybridized carbons (Fsp3) is 0.571. The minimum absolute atomic E-state index is 0.0332. The Kier molecular flexibility index (Phi) is 6.44. The first-order chi connectivity index (χ1) is 9.83. The lowest BCUT2D eigenvalue weighted by atomic mass is 10.1. The molecule has 21 heavy (non-hydrogen) atoms. The van der Waals surface area contributed by atoms with Crippen molar-refractivity contribution in [1.82, 2.24) is 0 Å². The fourth-order valence-electron chi connectivity index (χ4n) is 2.38. The van der Waals surface area contributed by atoms with Crippen LogP contribution in [0.15, 0.2) is 23.1 Å². The Hall–Kier alpha value is -1.31. The summed E-state index contributed by atoms with van der Waals surface area (Å²) in [7, 11) is -2.14. The Morgan fingerprint density at radius 3 is 2.33 bits per heavy atom. The molecule has 0 fully saturated rings. The molecule has 0 heterocycles. The summed E-state index contributed by atoms with van der Waals surface area (Å²) in [6.45, 7) is 5.41. The zero-order valence-electron chi connectivity index (χ0n) is 12.9. The molecule has 4 N–H and O–H groups in total. The van der Waals surface area contributed by atoms with Gasteiger partial charge >= 0.3 is 0 Å². The Morgan fingerprint density at radius 1 is 1.24 bits per heavy atom. The molecule has 1 aromatic carbocycles. The van der Waals surface area contributed by atoms with Crippen molar-refractivity contribution in [2.75, 3.05) is 30.9 Å². The quantitative estimate of drug-likeness (QED) is 0.709. The molecule has 0 bridgehead atoms. The zero-order chi connectivity index (χ0) is 16.0. The Bertz CT molecular complexity index is 557. The summed E-state index contributed by atoms with van der Waals surface area (Å²) in [5.41, 5.74) is 6.96. The van der Waals surface area contributed by atoms with Gasteiger partial charge in [-0.1, -0.05) is 13.8 Å². The monoisotopic (exact) mass is 315 g/mol. The van der Waals surface area contributed by atoms with Gasteiger partial charge in [0.05, 0.1) is 11.5 Å². The van der Waals surface area contributed by atoms with E-state index in [2.05, 4.69) is 18.7 Å². The van der Waals surface area contributed by atoms with Crippen molar-refractivity contribution < 1.29 is 13.2 Å². The van der Waals surface area contributed by atoms with Gasteiger partial charge in [0.2, 0.25) is 10.0 Å². The second-order valence-electron chi connectivity index (χ2n) is 4.96. The van der Waals surface area contributed by atoms with Crippen LogP contribution in [-0.4, -0.2) is 34.7 Å². The van der Waals surface area contributed by atoms with Gasteiger partial charge < -0.3 is 15.4 Å². The van der Waals surface area contributed by atoms with E-state index in [1.54, 1.807) is 19.2 Å². The van der Waals surface area contributed by atoms with Gasteiger partial charge in [0, 0.05) is 31.1 Å². The van der Waals surface area contributed by atoms with E-state index in [0.717, 1.165) is 18.5 Å². The number of benzene rings is 1. The lowest BCUT2D eigenvalue weighted by Gasteiger charge is -2.33. The molecule has 0 unspecified atom stereocenters. The van der Waals surface area contributed by atoms with Crippen LogP contribution in [0.25, 0.3) is 0 Å². The van der Waals surface area contributed by atoms with E-state index in [1.807, 2.05) is 0 Å². The first-order valence-corrected chi connectivity index (χ1v) is 8.57. The molecule has 0 aliphatic carbocycles. The van der Waals surface area contributed by atoms with E-state index in [9.17, 15) is 8.42 Å². The van der Waals surface area contributed by atoms with Crippen molar-refractivity contribution in [2.24, 2.45) is 5.14 Å². The highest BCUT2D eigenvalue weighted by Gasteiger charge is 2.18. The van der Waals surface area contributed by atoms with E-state index in [4.69, 9.17) is 15.6 Å². The van der Waals surface area contributed by atoms with Crippen LogP contribution in [0.3, 0.4) is 0 Å². The smallest absolute Gasteiger partial charge is 0.238 e. The second-order valence-corrected chi connectivity index (χ2v) is 6.52. The van der Waals surface area contributed by atoms with Gasteiger partial charge in [-0.3, -0.25) is 0 Å². The van der Waals surface area contributed by atoms with E-state index in [0.29, 0.717) is 18.8 Å². The molecular formula is C14H25N3O3S. The first-order valence-electron chi connectivity index (χ1n) is 7.02. The molecule has 0 atom stereocenters. The molecule has 1 aromatic rings. The highest BCUT2D eigenvalue weighted by molar-refractivity contribution is 7.89. The number of anilines is 2. The van der Waals surface area contributed by atoms with Gasteiger partial charge in [-0.05, 0) is 31.0 Å². The molecule has 1 rings (SSSR count). The van der Waals surface area contributed by atoms with Gasteiger partial charge in [0.15, 0.2) is 0 Å². The standard InChI is InChI=1S/C14H25N3O3S/c1-4-12(5-2)17(6-7-20-3)13-8-11(15)9-14(10-13)21(16,18)19/h8-10,12H,4-7,15H2,1-3H3,(H2,16,18,19). The van der Waals surface area contributed by atoms with Crippen molar-refractivity contribution in [3.05, 3.63) is 18.2 Å². The molecule has 0 radical (unpaired) electrons. The predicted molar refractivity (Wildman–Crippen MR) is 85.8 cm³/mol. The van der Waals surface area contributed by atoms with Gasteiger partial charge in [-0.2, -0.15) is 0 Å². The van der Waals surface area contributed by atoms with Crippen molar-refractivity contribution in [1.29, 1.82) is 0 Å². The maximum atomic E-state index is 11.6. The molecular weight excluding hydrogens is 290 g/mol. The summed E-state index contributed by atoms with van der Waals surface area (Å²) in [6.07, 6.45) is 1.89.